The first-order chi connectivity index (χ1) is 6.76. The van der Waals surface area contributed by atoms with Gasteiger partial charge in [0.2, 0.25) is 0 Å². The number of hydrogen-bond acceptors (Lipinski definition) is 3. The fourth-order valence-corrected chi connectivity index (χ4v) is 1.45. The summed E-state index contributed by atoms with van der Waals surface area (Å²) in [5, 5.41) is 14.7. The van der Waals surface area contributed by atoms with Gasteiger partial charge in [0.15, 0.2) is 0 Å². The Kier molecular flexibility index (Phi) is 11.3. The minimum absolute atomic E-state index is 0. The van der Waals surface area contributed by atoms with Gasteiger partial charge in [0, 0.05) is 4.47 Å². The fourth-order valence-electron chi connectivity index (χ4n) is 0.932. The molecule has 5 heteroatoms. The zero-order chi connectivity index (χ0) is 11.0. The average molecular weight is 275 g/mol. The van der Waals surface area contributed by atoms with E-state index in [-0.39, 0.29) is 29.6 Å². The molecule has 0 aliphatic heterocycles. The van der Waals surface area contributed by atoms with Crippen molar-refractivity contribution < 1.29 is 34.3 Å². The third kappa shape index (κ3) is 6.54. The van der Waals surface area contributed by atoms with Crippen LogP contribution in [0.25, 0.3) is 0 Å². The Balaban J connectivity index is 0. The van der Waals surface area contributed by atoms with E-state index in [1.54, 1.807) is 7.11 Å². The summed E-state index contributed by atoms with van der Waals surface area (Å²) in [6.07, 6.45) is 0.412. The molecule has 0 aliphatic carbocycles. The summed E-state index contributed by atoms with van der Waals surface area (Å²) < 4.78 is 5.98. The van der Waals surface area contributed by atoms with Crippen LogP contribution in [0.4, 0.5) is 0 Å². The monoisotopic (exact) mass is 274 g/mol. The molecule has 0 unspecified atom stereocenters. The summed E-state index contributed by atoms with van der Waals surface area (Å²) in [7, 11) is 1.61. The van der Waals surface area contributed by atoms with E-state index >= 15 is 0 Å². The number of nitrogens with zero attached hydrogens (tertiary/aromatic N) is 2. The molecule has 0 fully saturated rings. The van der Waals surface area contributed by atoms with E-state index in [4.69, 9.17) is 21.8 Å². The summed E-state index contributed by atoms with van der Waals surface area (Å²) in [6, 6.07) is 7.71. The van der Waals surface area contributed by atoms with Crippen LogP contribution in [0.5, 0.6) is 5.75 Å². The van der Waals surface area contributed by atoms with Crippen LogP contribution in [0.2, 0.25) is 0 Å². The van der Waals surface area contributed by atoms with Crippen LogP contribution in [0.15, 0.2) is 22.7 Å². The molecule has 0 bridgehead atoms. The van der Waals surface area contributed by atoms with Gasteiger partial charge < -0.3 is 16.6 Å². The molecule has 15 heavy (non-hydrogen) atoms. The van der Waals surface area contributed by atoms with Crippen LogP contribution in [0, 0.1) is 23.2 Å². The van der Waals surface area contributed by atoms with Gasteiger partial charge in [-0.1, -0.05) is 15.9 Å². The van der Waals surface area contributed by atoms with E-state index in [0.29, 0.717) is 6.42 Å². The van der Waals surface area contributed by atoms with Crippen molar-refractivity contribution in [3.63, 3.8) is 0 Å². The first-order valence-electron chi connectivity index (χ1n) is 3.69. The van der Waals surface area contributed by atoms with Gasteiger partial charge in [0.1, 0.15) is 5.75 Å². The van der Waals surface area contributed by atoms with Crippen LogP contribution in [-0.4, -0.2) is 7.11 Å². The molecule has 0 aromatic heterocycles. The molecule has 1 rings (SSSR count). The normalized spacial score (nSPS) is 7.40. The van der Waals surface area contributed by atoms with Crippen LogP contribution in [0.3, 0.4) is 0 Å². The predicted molar refractivity (Wildman–Crippen MR) is 55.0 cm³/mol. The number of methoxy groups -OCH3 is 1. The number of hydrogen-bond donors (Lipinski definition) is 0. The van der Waals surface area contributed by atoms with Crippen molar-refractivity contribution in [2.45, 2.75) is 6.42 Å². The number of nitriles is 1. The number of halogens is 1. The first-order valence-corrected chi connectivity index (χ1v) is 4.48. The quantitative estimate of drug-likeness (QED) is 0.546. The summed E-state index contributed by atoms with van der Waals surface area (Å²) in [5.74, 6) is 0.773. The van der Waals surface area contributed by atoms with E-state index in [1.807, 2.05) is 18.2 Å². The zero-order valence-corrected chi connectivity index (χ0v) is 12.2. The van der Waals surface area contributed by atoms with Gasteiger partial charge in [-0.25, -0.2) is 0 Å². The molecule has 1 aromatic carbocycles. The van der Waals surface area contributed by atoms with Crippen LogP contribution in [0.1, 0.15) is 5.56 Å². The molecule has 0 radical (unpaired) electrons. The second-order valence-electron chi connectivity index (χ2n) is 2.33. The minimum atomic E-state index is 0. The van der Waals surface area contributed by atoms with E-state index in [2.05, 4.69) is 22.0 Å². The van der Waals surface area contributed by atoms with Crippen LogP contribution < -0.4 is 34.3 Å². The van der Waals surface area contributed by atoms with Crippen molar-refractivity contribution in [2.24, 2.45) is 0 Å². The van der Waals surface area contributed by atoms with Gasteiger partial charge >= 0.3 is 29.6 Å². The molecular formula is C10H8BrN2NaO. The second kappa shape index (κ2) is 10.0. The Bertz CT molecular complexity index is 360. The molecule has 0 amide bonds. The van der Waals surface area contributed by atoms with Gasteiger partial charge in [-0.3, -0.25) is 0 Å². The number of benzene rings is 1. The molecule has 3 nitrogen and oxygen atoms in total. The maximum atomic E-state index is 8.47. The number of ether oxygens (including phenoxy) is 1. The Labute approximate surface area is 120 Å². The standard InChI is InChI=1S/C9H8BrNO.CN.Na/c1-12-9-5-7(2-3-11)4-8(10)6-9;1-2;/h4-6H,2H2,1H3;;/q;-1;+1. The second-order valence-corrected chi connectivity index (χ2v) is 3.25. The third-order valence-corrected chi connectivity index (χ3v) is 1.91. The average Bonchev–Trinajstić information content (AvgIpc) is 2.20. The van der Waals surface area contributed by atoms with Crippen molar-refractivity contribution >= 4 is 15.9 Å². The Morgan fingerprint density at radius 2 is 2.00 bits per heavy atom. The van der Waals surface area contributed by atoms with Crippen LogP contribution >= 0.6 is 15.9 Å². The van der Waals surface area contributed by atoms with E-state index in [0.717, 1.165) is 15.8 Å². The van der Waals surface area contributed by atoms with Crippen molar-refractivity contribution in [1.82, 2.24) is 0 Å². The largest absolute Gasteiger partial charge is 1.00 e. The SMILES string of the molecule is COc1cc(Br)cc(CC#N)c1.[C-]#N.[Na+]. The Morgan fingerprint density at radius 1 is 1.40 bits per heavy atom. The van der Waals surface area contributed by atoms with Crippen molar-refractivity contribution in [3.05, 3.63) is 34.8 Å². The molecule has 72 valence electrons. The van der Waals surface area contributed by atoms with Gasteiger partial charge in [0.25, 0.3) is 0 Å². The Morgan fingerprint density at radius 3 is 2.47 bits per heavy atom. The van der Waals surface area contributed by atoms with Crippen LogP contribution in [-0.2, 0) is 6.42 Å². The predicted octanol–water partition coefficient (Wildman–Crippen LogP) is -0.376. The summed E-state index contributed by atoms with van der Waals surface area (Å²) in [5.41, 5.74) is 0.962. The summed E-state index contributed by atoms with van der Waals surface area (Å²) in [6.45, 7) is 4.75. The first kappa shape index (κ1) is 16.9. The zero-order valence-electron chi connectivity index (χ0n) is 8.62. The molecule has 1 aromatic rings. The number of rotatable bonds is 2. The maximum Gasteiger partial charge on any atom is 1.00 e. The minimum Gasteiger partial charge on any atom is -0.512 e. The molecule has 0 N–H and O–H groups in total. The molecule has 0 heterocycles. The van der Waals surface area contributed by atoms with Gasteiger partial charge in [-0.2, -0.15) is 5.26 Å². The maximum absolute atomic E-state index is 8.47. The summed E-state index contributed by atoms with van der Waals surface area (Å²) in [4.78, 5) is 0. The van der Waals surface area contributed by atoms with Crippen molar-refractivity contribution in [3.8, 4) is 11.8 Å². The van der Waals surface area contributed by atoms with E-state index < -0.39 is 0 Å². The smallest absolute Gasteiger partial charge is 0.512 e. The molecule has 0 saturated heterocycles. The van der Waals surface area contributed by atoms with Gasteiger partial charge in [-0.05, 0) is 23.8 Å². The van der Waals surface area contributed by atoms with E-state index in [9.17, 15) is 0 Å². The van der Waals surface area contributed by atoms with Crippen molar-refractivity contribution in [1.29, 1.82) is 10.5 Å². The van der Waals surface area contributed by atoms with E-state index in [1.165, 1.54) is 0 Å². The summed E-state index contributed by atoms with van der Waals surface area (Å²) >= 11 is 3.33. The fraction of sp³-hybridized carbons (Fsp3) is 0.200. The molecule has 0 aliphatic rings. The molecule has 0 atom stereocenters. The Hall–Kier alpha value is -0.520. The topological polar surface area (TPSA) is 56.8 Å². The molecular weight excluding hydrogens is 267 g/mol. The van der Waals surface area contributed by atoms with Gasteiger partial charge in [0.05, 0.1) is 19.6 Å². The molecule has 0 spiro atoms. The molecule has 0 saturated carbocycles. The van der Waals surface area contributed by atoms with Crippen molar-refractivity contribution in [2.75, 3.05) is 7.11 Å². The third-order valence-electron chi connectivity index (χ3n) is 1.45. The van der Waals surface area contributed by atoms with Gasteiger partial charge in [-0.15, -0.1) is 0 Å².